The first-order valence-electron chi connectivity index (χ1n) is 8.34. The summed E-state index contributed by atoms with van der Waals surface area (Å²) in [5.74, 6) is 0.411. The monoisotopic (exact) mass is 375 g/mol. The zero-order valence-electron chi connectivity index (χ0n) is 13.9. The van der Waals surface area contributed by atoms with Crippen molar-refractivity contribution in [1.29, 1.82) is 0 Å². The minimum atomic E-state index is 0. The third-order valence-electron chi connectivity index (χ3n) is 4.53. The Morgan fingerprint density at radius 3 is 2.67 bits per heavy atom. The van der Waals surface area contributed by atoms with Crippen LogP contribution in [0.15, 0.2) is 24.4 Å². The van der Waals surface area contributed by atoms with E-state index in [4.69, 9.17) is 4.74 Å². The van der Waals surface area contributed by atoms with Gasteiger partial charge in [-0.25, -0.2) is 0 Å². The Kier molecular flexibility index (Phi) is 9.59. The Morgan fingerprint density at radius 1 is 1.25 bits per heavy atom. The third-order valence-corrected chi connectivity index (χ3v) is 4.53. The molecule has 7 heteroatoms. The van der Waals surface area contributed by atoms with Crippen molar-refractivity contribution in [2.24, 2.45) is 5.92 Å². The lowest BCUT2D eigenvalue weighted by Crippen LogP contribution is -2.43. The fourth-order valence-electron chi connectivity index (χ4n) is 3.28. The summed E-state index contributed by atoms with van der Waals surface area (Å²) < 4.78 is 5.73. The molecule has 136 valence electrons. The Bertz CT molecular complexity index is 478. The number of rotatable bonds is 5. The van der Waals surface area contributed by atoms with Crippen molar-refractivity contribution in [3.8, 4) is 0 Å². The molecular formula is C17H27Cl2N3O2. The van der Waals surface area contributed by atoms with Crippen LogP contribution in [-0.4, -0.2) is 48.1 Å². The molecule has 1 amide bonds. The highest BCUT2D eigenvalue weighted by molar-refractivity contribution is 5.85. The first-order valence-corrected chi connectivity index (χ1v) is 8.34. The molecule has 0 radical (unpaired) electrons. The van der Waals surface area contributed by atoms with Gasteiger partial charge in [0.05, 0.1) is 18.3 Å². The molecule has 1 atom stereocenters. The quantitative estimate of drug-likeness (QED) is 0.858. The van der Waals surface area contributed by atoms with E-state index in [1.807, 2.05) is 23.1 Å². The second-order valence-electron chi connectivity index (χ2n) is 6.20. The predicted octanol–water partition coefficient (Wildman–Crippen LogP) is 2.43. The number of carbonyl (C=O) groups excluding carboxylic acids is 1. The summed E-state index contributed by atoms with van der Waals surface area (Å²) in [7, 11) is 0. The molecule has 1 N–H and O–H groups in total. The number of hydrogen-bond donors (Lipinski definition) is 1. The molecule has 0 bridgehead atoms. The maximum Gasteiger partial charge on any atom is 0.226 e. The van der Waals surface area contributed by atoms with E-state index in [1.165, 1.54) is 0 Å². The topological polar surface area (TPSA) is 54.5 Å². The highest BCUT2D eigenvalue weighted by Gasteiger charge is 2.29. The largest absolute Gasteiger partial charge is 0.376 e. The number of halogens is 2. The van der Waals surface area contributed by atoms with Crippen molar-refractivity contribution in [3.63, 3.8) is 0 Å². The minimum absolute atomic E-state index is 0. The maximum atomic E-state index is 12.9. The molecule has 2 saturated heterocycles. The van der Waals surface area contributed by atoms with E-state index in [0.29, 0.717) is 13.1 Å². The Labute approximate surface area is 156 Å². The Morgan fingerprint density at radius 2 is 2.04 bits per heavy atom. The van der Waals surface area contributed by atoms with Crippen LogP contribution in [0.4, 0.5) is 0 Å². The van der Waals surface area contributed by atoms with Crippen molar-refractivity contribution < 1.29 is 9.53 Å². The summed E-state index contributed by atoms with van der Waals surface area (Å²) in [6.07, 6.45) is 6.00. The second-order valence-corrected chi connectivity index (χ2v) is 6.20. The zero-order valence-corrected chi connectivity index (χ0v) is 15.5. The van der Waals surface area contributed by atoms with Crippen LogP contribution in [-0.2, 0) is 16.1 Å². The lowest BCUT2D eigenvalue weighted by Gasteiger charge is -2.31. The van der Waals surface area contributed by atoms with Crippen LogP contribution in [0.25, 0.3) is 0 Å². The van der Waals surface area contributed by atoms with Gasteiger partial charge in [-0.2, -0.15) is 0 Å². The molecule has 2 fully saturated rings. The van der Waals surface area contributed by atoms with Gasteiger partial charge in [-0.1, -0.05) is 6.07 Å². The summed E-state index contributed by atoms with van der Waals surface area (Å²) >= 11 is 0. The SMILES string of the molecule is Cl.Cl.O=C(C1CCNCC1)N(Cc1ccccn1)CC1CCCO1. The number of nitrogens with zero attached hydrogens (tertiary/aromatic N) is 2. The van der Waals surface area contributed by atoms with Crippen LogP contribution in [0.3, 0.4) is 0 Å². The van der Waals surface area contributed by atoms with Gasteiger partial charge in [0.25, 0.3) is 0 Å². The minimum Gasteiger partial charge on any atom is -0.376 e. The molecule has 2 aliphatic heterocycles. The molecule has 0 aromatic carbocycles. The van der Waals surface area contributed by atoms with E-state index in [-0.39, 0.29) is 42.7 Å². The third kappa shape index (κ3) is 5.88. The molecule has 0 aliphatic carbocycles. The van der Waals surface area contributed by atoms with Crippen LogP contribution in [0.1, 0.15) is 31.4 Å². The van der Waals surface area contributed by atoms with E-state index >= 15 is 0 Å². The second kappa shape index (κ2) is 10.9. The van der Waals surface area contributed by atoms with E-state index in [1.54, 1.807) is 6.20 Å². The number of amides is 1. The van der Waals surface area contributed by atoms with Crippen LogP contribution < -0.4 is 5.32 Å². The molecular weight excluding hydrogens is 349 g/mol. The number of piperidine rings is 1. The van der Waals surface area contributed by atoms with Gasteiger partial charge in [0.1, 0.15) is 0 Å². The van der Waals surface area contributed by atoms with Gasteiger partial charge in [-0.05, 0) is 50.9 Å². The van der Waals surface area contributed by atoms with Crippen molar-refractivity contribution in [1.82, 2.24) is 15.2 Å². The Hall–Kier alpha value is -0.880. The number of hydrogen-bond acceptors (Lipinski definition) is 4. The van der Waals surface area contributed by atoms with E-state index in [9.17, 15) is 4.79 Å². The van der Waals surface area contributed by atoms with Crippen LogP contribution in [0, 0.1) is 5.92 Å². The fourth-order valence-corrected chi connectivity index (χ4v) is 3.28. The lowest BCUT2D eigenvalue weighted by molar-refractivity contribution is -0.138. The van der Waals surface area contributed by atoms with E-state index in [0.717, 1.165) is 51.1 Å². The first-order chi connectivity index (χ1) is 10.8. The summed E-state index contributed by atoms with van der Waals surface area (Å²) in [6.45, 7) is 3.98. The number of aromatic nitrogens is 1. The summed E-state index contributed by atoms with van der Waals surface area (Å²) in [5, 5.41) is 3.32. The standard InChI is InChI=1S/C17H25N3O2.2ClH/c21-17(14-6-9-18-10-7-14)20(13-16-5-3-11-22-16)12-15-4-1-2-8-19-15;;/h1-2,4,8,14,16,18H,3,5-7,9-13H2;2*1H. The van der Waals surface area contributed by atoms with Gasteiger partial charge < -0.3 is 15.0 Å². The predicted molar refractivity (Wildman–Crippen MR) is 98.7 cm³/mol. The number of ether oxygens (including phenoxy) is 1. The molecule has 1 unspecified atom stereocenters. The van der Waals surface area contributed by atoms with Crippen molar-refractivity contribution in [3.05, 3.63) is 30.1 Å². The summed E-state index contributed by atoms with van der Waals surface area (Å²) in [5.41, 5.74) is 0.947. The van der Waals surface area contributed by atoms with Crippen LogP contribution >= 0.6 is 24.8 Å². The lowest BCUT2D eigenvalue weighted by atomic mass is 9.96. The first kappa shape index (κ1) is 21.2. The maximum absolute atomic E-state index is 12.9. The summed E-state index contributed by atoms with van der Waals surface area (Å²) in [6, 6.07) is 5.86. The molecule has 1 aromatic heterocycles. The van der Waals surface area contributed by atoms with Crippen molar-refractivity contribution in [2.75, 3.05) is 26.2 Å². The average molecular weight is 376 g/mol. The number of nitrogens with one attached hydrogen (secondary N) is 1. The highest BCUT2D eigenvalue weighted by Crippen LogP contribution is 2.20. The highest BCUT2D eigenvalue weighted by atomic mass is 35.5. The number of carbonyl (C=O) groups is 1. The van der Waals surface area contributed by atoms with E-state index < -0.39 is 0 Å². The van der Waals surface area contributed by atoms with Gasteiger partial charge in [0.15, 0.2) is 0 Å². The molecule has 24 heavy (non-hydrogen) atoms. The van der Waals surface area contributed by atoms with Gasteiger partial charge in [-0.15, -0.1) is 24.8 Å². The van der Waals surface area contributed by atoms with Crippen molar-refractivity contribution in [2.45, 2.75) is 38.3 Å². The Balaban J connectivity index is 0.00000144. The molecule has 5 nitrogen and oxygen atoms in total. The van der Waals surface area contributed by atoms with Gasteiger partial charge in [0, 0.05) is 25.3 Å². The summed E-state index contributed by atoms with van der Waals surface area (Å²) in [4.78, 5) is 19.2. The molecule has 0 saturated carbocycles. The smallest absolute Gasteiger partial charge is 0.226 e. The normalized spacial score (nSPS) is 20.8. The molecule has 2 aliphatic rings. The van der Waals surface area contributed by atoms with Crippen molar-refractivity contribution >= 4 is 30.7 Å². The zero-order chi connectivity index (χ0) is 15.2. The molecule has 3 rings (SSSR count). The average Bonchev–Trinajstić information content (AvgIpc) is 3.08. The molecule has 3 heterocycles. The van der Waals surface area contributed by atoms with Crippen LogP contribution in [0.2, 0.25) is 0 Å². The van der Waals surface area contributed by atoms with Crippen LogP contribution in [0.5, 0.6) is 0 Å². The van der Waals surface area contributed by atoms with Gasteiger partial charge in [0.2, 0.25) is 5.91 Å². The fraction of sp³-hybridized carbons (Fsp3) is 0.647. The van der Waals surface area contributed by atoms with Gasteiger partial charge >= 0.3 is 0 Å². The van der Waals surface area contributed by atoms with E-state index in [2.05, 4.69) is 10.3 Å². The molecule has 1 aromatic rings. The molecule has 0 spiro atoms. The number of pyridine rings is 1. The van der Waals surface area contributed by atoms with Gasteiger partial charge in [-0.3, -0.25) is 9.78 Å².